The van der Waals surface area contributed by atoms with E-state index in [0.717, 1.165) is 48.4 Å². The molecule has 2 aromatic carbocycles. The van der Waals surface area contributed by atoms with Gasteiger partial charge in [0, 0.05) is 31.7 Å². The van der Waals surface area contributed by atoms with Crippen LogP contribution in [-0.4, -0.2) is 66.9 Å². The second-order valence-corrected chi connectivity index (χ2v) is 8.34. The lowest BCUT2D eigenvalue weighted by atomic mass is 9.97. The standard InChI is InChI=1S/C25H29N3O3/c1-17-9-10-20(18(2)15-17)22-23(27-13-11-26(3)12-14-27)25(30)28(24(22)29)16-19-7-5-6-8-21(19)31-4/h5-10,15H,11-14,16H2,1-4H3. The molecule has 0 aliphatic carbocycles. The number of rotatable bonds is 5. The molecule has 2 heterocycles. The molecule has 6 heteroatoms. The normalized spacial score (nSPS) is 17.7. The van der Waals surface area contributed by atoms with E-state index in [-0.39, 0.29) is 18.4 Å². The summed E-state index contributed by atoms with van der Waals surface area (Å²) < 4.78 is 5.45. The summed E-state index contributed by atoms with van der Waals surface area (Å²) in [6.45, 7) is 7.38. The minimum absolute atomic E-state index is 0.188. The number of amides is 2. The van der Waals surface area contributed by atoms with Gasteiger partial charge >= 0.3 is 0 Å². The van der Waals surface area contributed by atoms with Crippen LogP contribution in [0.2, 0.25) is 0 Å². The Kier molecular flexibility index (Phi) is 5.83. The zero-order valence-corrected chi connectivity index (χ0v) is 18.6. The average molecular weight is 420 g/mol. The molecule has 2 amide bonds. The van der Waals surface area contributed by atoms with Gasteiger partial charge in [-0.2, -0.15) is 0 Å². The van der Waals surface area contributed by atoms with Crippen molar-refractivity contribution in [2.45, 2.75) is 20.4 Å². The summed E-state index contributed by atoms with van der Waals surface area (Å²) in [6, 6.07) is 13.5. The molecule has 162 valence electrons. The molecule has 1 saturated heterocycles. The average Bonchev–Trinajstić information content (AvgIpc) is 2.99. The lowest BCUT2D eigenvalue weighted by molar-refractivity contribution is -0.138. The topological polar surface area (TPSA) is 53.1 Å². The molecule has 0 radical (unpaired) electrons. The summed E-state index contributed by atoms with van der Waals surface area (Å²) in [5.41, 5.74) is 4.82. The molecule has 0 spiro atoms. The fraction of sp³-hybridized carbons (Fsp3) is 0.360. The third kappa shape index (κ3) is 3.95. The first-order chi connectivity index (χ1) is 14.9. The number of likely N-dealkylation sites (N-methyl/N-ethyl adjacent to an activating group) is 1. The first kappa shape index (κ1) is 21.1. The van der Waals surface area contributed by atoms with E-state index in [0.29, 0.717) is 17.0 Å². The van der Waals surface area contributed by atoms with E-state index in [1.54, 1.807) is 7.11 Å². The van der Waals surface area contributed by atoms with Gasteiger partial charge in [0.25, 0.3) is 11.8 Å². The van der Waals surface area contributed by atoms with Crippen molar-refractivity contribution in [2.75, 3.05) is 40.3 Å². The largest absolute Gasteiger partial charge is 0.496 e. The summed E-state index contributed by atoms with van der Waals surface area (Å²) in [5, 5.41) is 0. The van der Waals surface area contributed by atoms with Crippen molar-refractivity contribution in [3.8, 4) is 5.75 Å². The highest BCUT2D eigenvalue weighted by molar-refractivity contribution is 6.35. The molecule has 0 bridgehead atoms. The number of piperazine rings is 1. The van der Waals surface area contributed by atoms with E-state index >= 15 is 0 Å². The van der Waals surface area contributed by atoms with Crippen LogP contribution in [0.5, 0.6) is 5.75 Å². The lowest BCUT2D eigenvalue weighted by Crippen LogP contribution is -2.46. The second kappa shape index (κ2) is 8.55. The maximum absolute atomic E-state index is 13.6. The highest BCUT2D eigenvalue weighted by Gasteiger charge is 2.42. The molecule has 31 heavy (non-hydrogen) atoms. The number of hydrogen-bond acceptors (Lipinski definition) is 5. The smallest absolute Gasteiger partial charge is 0.278 e. The lowest BCUT2D eigenvalue weighted by Gasteiger charge is -2.34. The molecule has 0 atom stereocenters. The number of para-hydroxylation sites is 1. The fourth-order valence-electron chi connectivity index (χ4n) is 4.37. The Morgan fingerprint density at radius 3 is 2.32 bits per heavy atom. The first-order valence-electron chi connectivity index (χ1n) is 10.6. The van der Waals surface area contributed by atoms with Crippen molar-refractivity contribution in [1.29, 1.82) is 0 Å². The van der Waals surface area contributed by atoms with Gasteiger partial charge in [0.2, 0.25) is 0 Å². The van der Waals surface area contributed by atoms with Crippen LogP contribution < -0.4 is 4.74 Å². The zero-order valence-electron chi connectivity index (χ0n) is 18.6. The van der Waals surface area contributed by atoms with Gasteiger partial charge < -0.3 is 14.5 Å². The maximum atomic E-state index is 13.6. The zero-order chi connectivity index (χ0) is 22.1. The van der Waals surface area contributed by atoms with Crippen LogP contribution in [0.15, 0.2) is 48.2 Å². The van der Waals surface area contributed by atoms with Gasteiger partial charge in [-0.3, -0.25) is 14.5 Å². The molecule has 6 nitrogen and oxygen atoms in total. The van der Waals surface area contributed by atoms with E-state index in [1.165, 1.54) is 4.90 Å². The molecule has 2 aliphatic heterocycles. The Labute approximate surface area is 183 Å². The van der Waals surface area contributed by atoms with Crippen LogP contribution in [0.1, 0.15) is 22.3 Å². The van der Waals surface area contributed by atoms with E-state index in [9.17, 15) is 9.59 Å². The minimum atomic E-state index is -0.239. The highest BCUT2D eigenvalue weighted by Crippen LogP contribution is 2.35. The maximum Gasteiger partial charge on any atom is 0.278 e. The number of imide groups is 1. The fourth-order valence-corrected chi connectivity index (χ4v) is 4.37. The Morgan fingerprint density at radius 1 is 0.935 bits per heavy atom. The Bertz CT molecular complexity index is 1050. The third-order valence-electron chi connectivity index (χ3n) is 6.14. The van der Waals surface area contributed by atoms with Crippen molar-refractivity contribution in [3.63, 3.8) is 0 Å². The Morgan fingerprint density at radius 2 is 1.65 bits per heavy atom. The van der Waals surface area contributed by atoms with E-state index in [1.807, 2.05) is 50.2 Å². The summed E-state index contributed by atoms with van der Waals surface area (Å²) in [4.78, 5) is 32.9. The van der Waals surface area contributed by atoms with Gasteiger partial charge in [0.1, 0.15) is 11.4 Å². The number of methoxy groups -OCH3 is 1. The number of benzene rings is 2. The van der Waals surface area contributed by atoms with Crippen molar-refractivity contribution >= 4 is 17.4 Å². The SMILES string of the molecule is COc1ccccc1CN1C(=O)C(c2ccc(C)cc2C)=C(N2CCN(C)CC2)C1=O. The number of hydrogen-bond donors (Lipinski definition) is 0. The summed E-state index contributed by atoms with van der Waals surface area (Å²) in [6.07, 6.45) is 0. The second-order valence-electron chi connectivity index (χ2n) is 8.34. The molecule has 1 fully saturated rings. The van der Waals surface area contributed by atoms with E-state index < -0.39 is 0 Å². The van der Waals surface area contributed by atoms with Crippen molar-refractivity contribution < 1.29 is 14.3 Å². The number of ether oxygens (including phenoxy) is 1. The number of nitrogens with zero attached hydrogens (tertiary/aromatic N) is 3. The number of carbonyl (C=O) groups is 2. The molecular weight excluding hydrogens is 390 g/mol. The molecule has 0 saturated carbocycles. The summed E-state index contributed by atoms with van der Waals surface area (Å²) in [5.74, 6) is 0.205. The third-order valence-corrected chi connectivity index (χ3v) is 6.14. The van der Waals surface area contributed by atoms with Crippen LogP contribution in [0.4, 0.5) is 0 Å². The molecule has 4 rings (SSSR count). The van der Waals surface area contributed by atoms with Gasteiger partial charge in [0.15, 0.2) is 0 Å². The quantitative estimate of drug-likeness (QED) is 0.698. The van der Waals surface area contributed by atoms with Gasteiger partial charge in [-0.25, -0.2) is 0 Å². The van der Waals surface area contributed by atoms with Crippen LogP contribution in [0, 0.1) is 13.8 Å². The van der Waals surface area contributed by atoms with Crippen LogP contribution in [-0.2, 0) is 16.1 Å². The summed E-state index contributed by atoms with van der Waals surface area (Å²) in [7, 11) is 3.67. The number of carbonyl (C=O) groups excluding carboxylic acids is 2. The van der Waals surface area contributed by atoms with Crippen molar-refractivity contribution in [2.24, 2.45) is 0 Å². The molecule has 0 aromatic heterocycles. The van der Waals surface area contributed by atoms with Crippen molar-refractivity contribution in [1.82, 2.24) is 14.7 Å². The van der Waals surface area contributed by atoms with Gasteiger partial charge in [-0.05, 0) is 38.1 Å². The molecule has 2 aliphatic rings. The van der Waals surface area contributed by atoms with E-state index in [2.05, 4.69) is 22.9 Å². The monoisotopic (exact) mass is 419 g/mol. The van der Waals surface area contributed by atoms with Gasteiger partial charge in [-0.1, -0.05) is 42.0 Å². The number of aryl methyl sites for hydroxylation is 2. The van der Waals surface area contributed by atoms with E-state index in [4.69, 9.17) is 4.74 Å². The highest BCUT2D eigenvalue weighted by atomic mass is 16.5. The molecule has 0 unspecified atom stereocenters. The van der Waals surface area contributed by atoms with Crippen LogP contribution in [0.25, 0.3) is 5.57 Å². The van der Waals surface area contributed by atoms with Gasteiger partial charge in [-0.15, -0.1) is 0 Å². The molecule has 2 aromatic rings. The van der Waals surface area contributed by atoms with Crippen LogP contribution >= 0.6 is 0 Å². The predicted molar refractivity (Wildman–Crippen MR) is 120 cm³/mol. The summed E-state index contributed by atoms with van der Waals surface area (Å²) >= 11 is 0. The first-order valence-corrected chi connectivity index (χ1v) is 10.6. The Hall–Kier alpha value is -3.12. The van der Waals surface area contributed by atoms with Gasteiger partial charge in [0.05, 0.1) is 19.2 Å². The molecular formula is C25H29N3O3. The predicted octanol–water partition coefficient (Wildman–Crippen LogP) is 2.84. The van der Waals surface area contributed by atoms with Crippen LogP contribution in [0.3, 0.4) is 0 Å². The Balaban J connectivity index is 1.76. The van der Waals surface area contributed by atoms with Crippen molar-refractivity contribution in [3.05, 3.63) is 70.4 Å². The molecule has 0 N–H and O–H groups in total. The minimum Gasteiger partial charge on any atom is -0.496 e.